The number of nitrogens with zero attached hydrogens (tertiary/aromatic N) is 1. The average Bonchev–Trinajstić information content (AvgIpc) is 2.71. The number of nitriles is 1. The molecule has 0 N–H and O–H groups in total. The summed E-state index contributed by atoms with van der Waals surface area (Å²) in [5.74, 6) is -2.61. The number of esters is 1. The normalized spacial score (nSPS) is 28.4. The molecule has 0 aliphatic heterocycles. The molecule has 0 saturated heterocycles. The number of ether oxygens (including phenoxy) is 1. The zero-order valence-corrected chi connectivity index (χ0v) is 15.7. The van der Waals surface area contributed by atoms with E-state index in [1.165, 1.54) is 18.2 Å². The van der Waals surface area contributed by atoms with Crippen molar-refractivity contribution in [3.63, 3.8) is 0 Å². The topological polar surface area (TPSA) is 50.1 Å². The van der Waals surface area contributed by atoms with Crippen LogP contribution in [0.2, 0.25) is 0 Å². The first-order chi connectivity index (χ1) is 13.5. The molecule has 0 spiro atoms. The summed E-state index contributed by atoms with van der Waals surface area (Å²) >= 11 is 0. The van der Waals surface area contributed by atoms with Crippen molar-refractivity contribution in [3.8, 4) is 6.07 Å². The van der Waals surface area contributed by atoms with Gasteiger partial charge in [0.2, 0.25) is 0 Å². The number of benzene rings is 1. The molecule has 0 unspecified atom stereocenters. The molecule has 2 saturated carbocycles. The molecule has 0 atom stereocenters. The number of allylic oxidation sites excluding steroid dienone is 2. The smallest absolute Gasteiger partial charge is 0.309 e. The number of halogens is 3. The molecule has 2 aliphatic rings. The first-order valence-electron chi connectivity index (χ1n) is 9.89. The molecular formula is C22H24F3NO2. The van der Waals surface area contributed by atoms with Gasteiger partial charge < -0.3 is 4.74 Å². The fourth-order valence-corrected chi connectivity index (χ4v) is 4.31. The molecule has 6 heteroatoms. The van der Waals surface area contributed by atoms with E-state index in [1.54, 1.807) is 6.07 Å². The highest BCUT2D eigenvalue weighted by molar-refractivity contribution is 5.72. The van der Waals surface area contributed by atoms with Crippen LogP contribution in [-0.2, 0) is 9.53 Å². The van der Waals surface area contributed by atoms with E-state index < -0.39 is 17.5 Å². The number of rotatable bonds is 4. The second kappa shape index (κ2) is 9.27. The Morgan fingerprint density at radius 3 is 2.32 bits per heavy atom. The Balaban J connectivity index is 1.44. The predicted octanol–water partition coefficient (Wildman–Crippen LogP) is 5.72. The largest absolute Gasteiger partial charge is 0.462 e. The fourth-order valence-electron chi connectivity index (χ4n) is 4.31. The van der Waals surface area contributed by atoms with Crippen LogP contribution in [0.5, 0.6) is 0 Å². The number of carbonyl (C=O) groups is 1. The van der Waals surface area contributed by atoms with Crippen molar-refractivity contribution in [1.29, 1.82) is 5.26 Å². The summed E-state index contributed by atoms with van der Waals surface area (Å²) in [7, 11) is 0. The van der Waals surface area contributed by atoms with Crippen LogP contribution in [0.25, 0.3) is 0 Å². The molecule has 1 aromatic rings. The number of carbonyl (C=O) groups excluding carboxylic acids is 1. The monoisotopic (exact) mass is 391 g/mol. The van der Waals surface area contributed by atoms with Gasteiger partial charge in [0.15, 0.2) is 17.5 Å². The summed E-state index contributed by atoms with van der Waals surface area (Å²) in [5.41, 5.74) is 0.779. The van der Waals surface area contributed by atoms with Crippen LogP contribution in [0.3, 0.4) is 0 Å². The lowest BCUT2D eigenvalue weighted by molar-refractivity contribution is -0.157. The van der Waals surface area contributed by atoms with Gasteiger partial charge in [0, 0.05) is 0 Å². The first kappa shape index (κ1) is 20.4. The molecule has 2 aliphatic carbocycles. The second-order valence-electron chi connectivity index (χ2n) is 7.82. The Hall–Kier alpha value is -2.29. The molecule has 28 heavy (non-hydrogen) atoms. The third kappa shape index (κ3) is 5.15. The molecule has 150 valence electrons. The molecule has 3 rings (SSSR count). The molecule has 0 aromatic heterocycles. The van der Waals surface area contributed by atoms with E-state index in [0.717, 1.165) is 24.5 Å². The second-order valence-corrected chi connectivity index (χ2v) is 7.82. The van der Waals surface area contributed by atoms with Gasteiger partial charge in [-0.1, -0.05) is 6.07 Å². The highest BCUT2D eigenvalue weighted by Gasteiger charge is 2.31. The van der Waals surface area contributed by atoms with Gasteiger partial charge in [0.1, 0.15) is 12.2 Å². The first-order valence-corrected chi connectivity index (χ1v) is 9.89. The van der Waals surface area contributed by atoms with Gasteiger partial charge in [0.05, 0.1) is 5.92 Å². The molecule has 0 radical (unpaired) electrons. The van der Waals surface area contributed by atoms with Crippen molar-refractivity contribution in [2.75, 3.05) is 0 Å². The highest BCUT2D eigenvalue weighted by Crippen LogP contribution is 2.37. The number of hydrogen-bond donors (Lipinski definition) is 0. The SMILES string of the molecule is N#CC(F)=CC1CCC(OC(=O)C2CCC(c3ccc(F)c(F)c3)CC2)CC1. The molecule has 1 aromatic carbocycles. The molecule has 0 heterocycles. The Labute approximate surface area is 163 Å². The minimum absolute atomic E-state index is 0.0288. The molecule has 0 amide bonds. The zero-order chi connectivity index (χ0) is 20.1. The van der Waals surface area contributed by atoms with E-state index in [4.69, 9.17) is 10.00 Å². The van der Waals surface area contributed by atoms with Crippen molar-refractivity contribution < 1.29 is 22.7 Å². The van der Waals surface area contributed by atoms with Crippen LogP contribution in [0, 0.1) is 34.8 Å². The van der Waals surface area contributed by atoms with Crippen molar-refractivity contribution >= 4 is 5.97 Å². The van der Waals surface area contributed by atoms with E-state index >= 15 is 0 Å². The zero-order valence-electron chi connectivity index (χ0n) is 15.7. The van der Waals surface area contributed by atoms with Gasteiger partial charge in [-0.2, -0.15) is 9.65 Å². The maximum atomic E-state index is 13.4. The summed E-state index contributed by atoms with van der Waals surface area (Å²) in [5, 5.41) is 8.50. The van der Waals surface area contributed by atoms with Crippen LogP contribution in [0.1, 0.15) is 62.8 Å². The minimum atomic E-state index is -0.846. The van der Waals surface area contributed by atoms with Gasteiger partial charge in [-0.15, -0.1) is 0 Å². The summed E-state index contributed by atoms with van der Waals surface area (Å²) in [6, 6.07) is 5.51. The summed E-state index contributed by atoms with van der Waals surface area (Å²) in [6.07, 6.45) is 6.81. The van der Waals surface area contributed by atoms with Gasteiger partial charge in [0.25, 0.3) is 0 Å². The van der Waals surface area contributed by atoms with Crippen molar-refractivity contribution in [3.05, 3.63) is 47.3 Å². The quantitative estimate of drug-likeness (QED) is 0.487. The van der Waals surface area contributed by atoms with Crippen LogP contribution in [0.4, 0.5) is 13.2 Å². The number of hydrogen-bond acceptors (Lipinski definition) is 3. The highest BCUT2D eigenvalue weighted by atomic mass is 19.2. The van der Waals surface area contributed by atoms with Crippen molar-refractivity contribution in [2.24, 2.45) is 11.8 Å². The van der Waals surface area contributed by atoms with Gasteiger partial charge in [-0.25, -0.2) is 8.78 Å². The standard InChI is InChI=1S/C22H24F3NO2/c23-18(13-26)11-14-1-8-19(9-2-14)28-22(27)16-5-3-15(4-6-16)17-7-10-20(24)21(25)12-17/h7,10-12,14-16,19H,1-6,8-9H2. The van der Waals surface area contributed by atoms with E-state index in [2.05, 4.69) is 0 Å². The Morgan fingerprint density at radius 1 is 1.04 bits per heavy atom. The lowest BCUT2D eigenvalue weighted by Gasteiger charge is -2.31. The summed E-state index contributed by atoms with van der Waals surface area (Å²) in [6.45, 7) is 0. The summed E-state index contributed by atoms with van der Waals surface area (Å²) in [4.78, 5) is 12.5. The Bertz CT molecular complexity index is 770. The van der Waals surface area contributed by atoms with Crippen LogP contribution in [-0.4, -0.2) is 12.1 Å². The lowest BCUT2D eigenvalue weighted by Crippen LogP contribution is -2.29. The fraction of sp³-hybridized carbons (Fsp3) is 0.545. The van der Waals surface area contributed by atoms with Crippen LogP contribution >= 0.6 is 0 Å². The maximum absolute atomic E-state index is 13.4. The van der Waals surface area contributed by atoms with Crippen molar-refractivity contribution in [1.82, 2.24) is 0 Å². The van der Waals surface area contributed by atoms with E-state index in [1.807, 2.05) is 0 Å². The molecular weight excluding hydrogens is 367 g/mol. The third-order valence-electron chi connectivity index (χ3n) is 5.97. The van der Waals surface area contributed by atoms with Gasteiger partial charge in [-0.05, 0) is 87.0 Å². The van der Waals surface area contributed by atoms with E-state index in [-0.39, 0.29) is 29.8 Å². The Kier molecular flexibility index (Phi) is 6.77. The molecule has 2 fully saturated rings. The lowest BCUT2D eigenvalue weighted by atomic mass is 9.78. The Morgan fingerprint density at radius 2 is 1.71 bits per heavy atom. The van der Waals surface area contributed by atoms with Gasteiger partial charge >= 0.3 is 5.97 Å². The van der Waals surface area contributed by atoms with Crippen LogP contribution < -0.4 is 0 Å². The summed E-state index contributed by atoms with van der Waals surface area (Å²) < 4.78 is 45.2. The van der Waals surface area contributed by atoms with E-state index in [9.17, 15) is 18.0 Å². The van der Waals surface area contributed by atoms with Crippen molar-refractivity contribution in [2.45, 2.75) is 63.4 Å². The van der Waals surface area contributed by atoms with Gasteiger partial charge in [-0.3, -0.25) is 4.79 Å². The maximum Gasteiger partial charge on any atom is 0.309 e. The predicted molar refractivity (Wildman–Crippen MR) is 97.7 cm³/mol. The third-order valence-corrected chi connectivity index (χ3v) is 5.97. The average molecular weight is 391 g/mol. The molecule has 3 nitrogen and oxygen atoms in total. The molecule has 0 bridgehead atoms. The minimum Gasteiger partial charge on any atom is -0.462 e. The van der Waals surface area contributed by atoms with Crippen LogP contribution in [0.15, 0.2) is 30.1 Å². The van der Waals surface area contributed by atoms with E-state index in [0.29, 0.717) is 38.5 Å².